The maximum Gasteiger partial charge on any atom is 0.270 e. The minimum Gasteiger partial charge on any atom is -0.324 e. The van der Waals surface area contributed by atoms with Crippen LogP contribution >= 0.6 is 11.6 Å². The number of hydrogen-bond acceptors (Lipinski definition) is 6. The average Bonchev–Trinajstić information content (AvgIpc) is 3.54. The average molecular weight is 472 g/mol. The zero-order chi connectivity index (χ0) is 23.1. The van der Waals surface area contributed by atoms with Gasteiger partial charge in [0.25, 0.3) is 5.56 Å². The highest BCUT2D eigenvalue weighted by atomic mass is 35.5. The van der Waals surface area contributed by atoms with Gasteiger partial charge in [-0.3, -0.25) is 14.1 Å². The third-order valence-corrected chi connectivity index (χ3v) is 6.48. The van der Waals surface area contributed by atoms with Crippen LogP contribution in [0.25, 0.3) is 22.5 Å². The van der Waals surface area contributed by atoms with Gasteiger partial charge in [0.1, 0.15) is 5.39 Å². The molecule has 8 nitrogen and oxygen atoms in total. The molecule has 0 bridgehead atoms. The lowest BCUT2D eigenvalue weighted by atomic mass is 10.2. The normalized spacial score (nSPS) is 14.3. The second kappa shape index (κ2) is 8.55. The first kappa shape index (κ1) is 20.8. The summed E-state index contributed by atoms with van der Waals surface area (Å²) >= 11 is 6.38. The summed E-state index contributed by atoms with van der Waals surface area (Å²) in [7, 11) is 0. The Hall–Kier alpha value is -3.75. The zero-order valence-electron chi connectivity index (χ0n) is 18.4. The lowest BCUT2D eigenvalue weighted by Crippen LogP contribution is -2.22. The van der Waals surface area contributed by atoms with Crippen LogP contribution in [0.5, 0.6) is 0 Å². The highest BCUT2D eigenvalue weighted by Gasteiger charge is 2.17. The minimum atomic E-state index is -0.278. The van der Waals surface area contributed by atoms with Crippen LogP contribution in [0.15, 0.2) is 71.9 Å². The van der Waals surface area contributed by atoms with Crippen LogP contribution in [-0.4, -0.2) is 41.9 Å². The summed E-state index contributed by atoms with van der Waals surface area (Å²) in [5.74, 6) is 0.839. The third-order valence-electron chi connectivity index (χ3n) is 6.16. The van der Waals surface area contributed by atoms with E-state index < -0.39 is 0 Å². The molecule has 1 aliphatic rings. The number of hydrogen-bond donors (Lipinski definition) is 1. The molecule has 0 spiro atoms. The standard InChI is InChI=1S/C25H22ClN7O/c26-20-5-1-2-6-21(20)33-23(34)19-15-28-24(30-22(19)32-14-11-27-25(32)33)29-18-9-7-17(8-10-18)16-31-12-3-4-13-31/h1-2,5-11,14-15H,3-4,12-13,16H2,(H,28,29,30). The van der Waals surface area contributed by atoms with Crippen molar-refractivity contribution in [3.05, 3.63) is 88.1 Å². The Kier molecular flexibility index (Phi) is 5.24. The van der Waals surface area contributed by atoms with Crippen molar-refractivity contribution < 1.29 is 0 Å². The summed E-state index contributed by atoms with van der Waals surface area (Å²) in [5, 5.41) is 4.08. The molecule has 0 radical (unpaired) electrons. The van der Waals surface area contributed by atoms with Crippen molar-refractivity contribution in [1.29, 1.82) is 0 Å². The van der Waals surface area contributed by atoms with Crippen LogP contribution in [0.4, 0.5) is 11.6 Å². The molecule has 9 heteroatoms. The van der Waals surface area contributed by atoms with Gasteiger partial charge >= 0.3 is 0 Å². The Labute approximate surface area is 200 Å². The number of likely N-dealkylation sites (tertiary alicyclic amines) is 1. The Balaban J connectivity index is 1.36. The van der Waals surface area contributed by atoms with Crippen molar-refractivity contribution in [1.82, 2.24) is 28.8 Å². The van der Waals surface area contributed by atoms with Gasteiger partial charge in [0.2, 0.25) is 11.7 Å². The van der Waals surface area contributed by atoms with Crippen molar-refractivity contribution in [3.63, 3.8) is 0 Å². The van der Waals surface area contributed by atoms with E-state index in [1.807, 2.05) is 24.3 Å². The summed E-state index contributed by atoms with van der Waals surface area (Å²) in [6, 6.07) is 15.5. The molecule has 6 rings (SSSR count). The fraction of sp³-hybridized carbons (Fsp3) is 0.200. The Morgan fingerprint density at radius 3 is 2.59 bits per heavy atom. The molecule has 34 heavy (non-hydrogen) atoms. The summed E-state index contributed by atoms with van der Waals surface area (Å²) < 4.78 is 3.26. The van der Waals surface area contributed by atoms with Gasteiger partial charge in [-0.25, -0.2) is 14.5 Å². The summed E-state index contributed by atoms with van der Waals surface area (Å²) in [6.45, 7) is 3.32. The smallest absolute Gasteiger partial charge is 0.270 e. The minimum absolute atomic E-state index is 0.278. The fourth-order valence-electron chi connectivity index (χ4n) is 4.48. The Bertz CT molecular complexity index is 1550. The number of nitrogens with zero attached hydrogens (tertiary/aromatic N) is 6. The monoisotopic (exact) mass is 471 g/mol. The number of halogens is 1. The van der Waals surface area contributed by atoms with Gasteiger partial charge < -0.3 is 5.32 Å². The van der Waals surface area contributed by atoms with Crippen molar-refractivity contribution >= 4 is 40.0 Å². The van der Waals surface area contributed by atoms with Gasteiger partial charge in [-0.2, -0.15) is 4.98 Å². The molecule has 170 valence electrons. The largest absolute Gasteiger partial charge is 0.324 e. The number of aromatic nitrogens is 5. The van der Waals surface area contributed by atoms with E-state index in [-0.39, 0.29) is 5.56 Å². The first-order valence-electron chi connectivity index (χ1n) is 11.3. The van der Waals surface area contributed by atoms with Crippen LogP contribution < -0.4 is 10.9 Å². The number of fused-ring (bicyclic) bond motifs is 3. The highest BCUT2D eigenvalue weighted by molar-refractivity contribution is 6.32. The molecule has 3 aromatic heterocycles. The molecule has 0 unspecified atom stereocenters. The molecule has 0 saturated carbocycles. The second-order valence-corrected chi connectivity index (χ2v) is 8.83. The SMILES string of the molecule is O=c1c2cnc(Nc3ccc(CN4CCCC4)cc3)nc2n2ccnc2n1-c1ccccc1Cl. The molecule has 1 fully saturated rings. The van der Waals surface area contributed by atoms with E-state index in [2.05, 4.69) is 37.3 Å². The van der Waals surface area contributed by atoms with Gasteiger partial charge in [0, 0.05) is 30.8 Å². The third kappa shape index (κ3) is 3.70. The van der Waals surface area contributed by atoms with E-state index in [1.54, 1.807) is 35.1 Å². The van der Waals surface area contributed by atoms with E-state index in [0.717, 1.165) is 12.2 Å². The molecule has 0 amide bonds. The number of rotatable bonds is 5. The molecule has 1 N–H and O–H groups in total. The van der Waals surface area contributed by atoms with E-state index in [9.17, 15) is 4.79 Å². The van der Waals surface area contributed by atoms with Crippen molar-refractivity contribution in [2.24, 2.45) is 0 Å². The predicted molar refractivity (Wildman–Crippen MR) is 133 cm³/mol. The molecule has 5 aromatic rings. The fourth-order valence-corrected chi connectivity index (χ4v) is 4.70. The molecular formula is C25H22ClN7O. The number of nitrogens with one attached hydrogen (secondary N) is 1. The quantitative estimate of drug-likeness (QED) is 0.408. The van der Waals surface area contributed by atoms with Crippen LogP contribution in [0.1, 0.15) is 18.4 Å². The van der Waals surface area contributed by atoms with Crippen LogP contribution in [-0.2, 0) is 6.54 Å². The van der Waals surface area contributed by atoms with E-state index in [0.29, 0.717) is 33.5 Å². The molecule has 0 atom stereocenters. The molecule has 1 aliphatic heterocycles. The predicted octanol–water partition coefficient (Wildman–Crippen LogP) is 4.42. The number of imidazole rings is 1. The highest BCUT2D eigenvalue weighted by Crippen LogP contribution is 2.23. The Morgan fingerprint density at radius 1 is 1.00 bits per heavy atom. The molecular weight excluding hydrogens is 450 g/mol. The van der Waals surface area contributed by atoms with Gasteiger partial charge in [-0.15, -0.1) is 0 Å². The van der Waals surface area contributed by atoms with Gasteiger partial charge in [0.15, 0.2) is 5.65 Å². The molecule has 4 heterocycles. The molecule has 0 aliphatic carbocycles. The first-order valence-corrected chi connectivity index (χ1v) is 11.6. The second-order valence-electron chi connectivity index (χ2n) is 8.43. The molecule has 1 saturated heterocycles. The summed E-state index contributed by atoms with van der Waals surface area (Å²) in [6.07, 6.45) is 7.52. The summed E-state index contributed by atoms with van der Waals surface area (Å²) in [4.78, 5) is 29.3. The van der Waals surface area contributed by atoms with Crippen LogP contribution in [0.3, 0.4) is 0 Å². The summed E-state index contributed by atoms with van der Waals surface area (Å²) in [5.41, 5.74) is 2.93. The zero-order valence-corrected chi connectivity index (χ0v) is 19.1. The van der Waals surface area contributed by atoms with Gasteiger partial charge in [-0.05, 0) is 55.8 Å². The number of para-hydroxylation sites is 1. The first-order chi connectivity index (χ1) is 16.7. The lowest BCUT2D eigenvalue weighted by Gasteiger charge is -2.15. The van der Waals surface area contributed by atoms with E-state index in [4.69, 9.17) is 11.6 Å². The topological polar surface area (TPSA) is 80.3 Å². The number of benzene rings is 2. The van der Waals surface area contributed by atoms with Crippen LogP contribution in [0.2, 0.25) is 5.02 Å². The van der Waals surface area contributed by atoms with Gasteiger partial charge in [0.05, 0.1) is 10.7 Å². The van der Waals surface area contributed by atoms with Crippen molar-refractivity contribution in [2.45, 2.75) is 19.4 Å². The van der Waals surface area contributed by atoms with Crippen LogP contribution in [0, 0.1) is 0 Å². The lowest BCUT2D eigenvalue weighted by molar-refractivity contribution is 0.331. The molecule has 2 aromatic carbocycles. The maximum atomic E-state index is 13.4. The van der Waals surface area contributed by atoms with E-state index in [1.165, 1.54) is 36.1 Å². The van der Waals surface area contributed by atoms with Gasteiger partial charge in [-0.1, -0.05) is 35.9 Å². The Morgan fingerprint density at radius 2 is 1.79 bits per heavy atom. The maximum absolute atomic E-state index is 13.4. The van der Waals surface area contributed by atoms with Crippen molar-refractivity contribution in [2.75, 3.05) is 18.4 Å². The van der Waals surface area contributed by atoms with E-state index >= 15 is 0 Å². The number of anilines is 2. The van der Waals surface area contributed by atoms with Crippen molar-refractivity contribution in [3.8, 4) is 5.69 Å².